The molecule has 0 aromatic carbocycles. The van der Waals surface area contributed by atoms with Gasteiger partial charge >= 0.3 is 5.97 Å². The Morgan fingerprint density at radius 1 is 1.60 bits per heavy atom. The minimum Gasteiger partial charge on any atom is -0.503 e. The van der Waals surface area contributed by atoms with Crippen molar-refractivity contribution in [2.24, 2.45) is 0 Å². The number of aromatic hydroxyl groups is 1. The highest BCUT2D eigenvalue weighted by molar-refractivity contribution is 5.89. The lowest BCUT2D eigenvalue weighted by Gasteiger charge is -2.07. The van der Waals surface area contributed by atoms with E-state index < -0.39 is 11.7 Å². The van der Waals surface area contributed by atoms with Crippen molar-refractivity contribution in [3.63, 3.8) is 0 Å². The molecule has 15 heavy (non-hydrogen) atoms. The van der Waals surface area contributed by atoms with Gasteiger partial charge in [-0.2, -0.15) is 0 Å². The van der Waals surface area contributed by atoms with E-state index in [1.165, 1.54) is 12.3 Å². The van der Waals surface area contributed by atoms with E-state index in [1.54, 1.807) is 0 Å². The second kappa shape index (κ2) is 5.19. The highest BCUT2D eigenvalue weighted by atomic mass is 16.5. The van der Waals surface area contributed by atoms with Crippen LogP contribution in [0.2, 0.25) is 0 Å². The summed E-state index contributed by atoms with van der Waals surface area (Å²) in [6, 6.07) is 1.44. The monoisotopic (exact) mass is 211 g/mol. The van der Waals surface area contributed by atoms with Gasteiger partial charge in [-0.25, -0.2) is 9.78 Å². The topological polar surface area (TPSA) is 79.7 Å². The first kappa shape index (κ1) is 11.3. The van der Waals surface area contributed by atoms with Crippen LogP contribution in [0.15, 0.2) is 12.3 Å². The predicted molar refractivity (Wildman–Crippen MR) is 53.3 cm³/mol. The van der Waals surface area contributed by atoms with Gasteiger partial charge in [0.25, 0.3) is 0 Å². The molecule has 0 aliphatic heterocycles. The Balaban J connectivity index is 2.80. The van der Waals surface area contributed by atoms with E-state index in [0.717, 1.165) is 12.8 Å². The fourth-order valence-electron chi connectivity index (χ4n) is 1.04. The van der Waals surface area contributed by atoms with Crippen LogP contribution in [0.5, 0.6) is 11.5 Å². The summed E-state index contributed by atoms with van der Waals surface area (Å²) in [5.74, 6) is -1.52. The molecule has 1 aromatic rings. The summed E-state index contributed by atoms with van der Waals surface area (Å²) < 4.78 is 5.21. The Morgan fingerprint density at radius 2 is 2.33 bits per heavy atom. The second-order valence-corrected chi connectivity index (χ2v) is 3.01. The maximum Gasteiger partial charge on any atom is 0.358 e. The number of hydrogen-bond acceptors (Lipinski definition) is 4. The molecule has 1 aromatic heterocycles. The molecule has 0 unspecified atom stereocenters. The Bertz CT molecular complexity index is 351. The van der Waals surface area contributed by atoms with Crippen molar-refractivity contribution in [1.82, 2.24) is 4.98 Å². The summed E-state index contributed by atoms with van der Waals surface area (Å²) >= 11 is 0. The second-order valence-electron chi connectivity index (χ2n) is 3.01. The summed E-state index contributed by atoms with van der Waals surface area (Å²) in [6.45, 7) is 2.46. The molecule has 0 bridgehead atoms. The smallest absolute Gasteiger partial charge is 0.358 e. The third kappa shape index (κ3) is 2.83. The molecule has 0 saturated heterocycles. The number of aromatic carboxylic acids is 1. The average Bonchev–Trinajstić information content (AvgIpc) is 2.20. The number of unbranched alkanes of at least 4 members (excludes halogenated alkanes) is 1. The molecule has 0 radical (unpaired) electrons. The normalized spacial score (nSPS) is 9.93. The van der Waals surface area contributed by atoms with Gasteiger partial charge in [0.1, 0.15) is 0 Å². The largest absolute Gasteiger partial charge is 0.503 e. The number of carboxylic acids is 1. The van der Waals surface area contributed by atoms with Crippen LogP contribution < -0.4 is 4.74 Å². The van der Waals surface area contributed by atoms with Crippen molar-refractivity contribution >= 4 is 5.97 Å². The van der Waals surface area contributed by atoms with Gasteiger partial charge in [-0.15, -0.1) is 0 Å². The van der Waals surface area contributed by atoms with Gasteiger partial charge in [0.2, 0.25) is 0 Å². The summed E-state index contributed by atoms with van der Waals surface area (Å²) in [7, 11) is 0. The molecular weight excluding hydrogens is 198 g/mol. The zero-order valence-corrected chi connectivity index (χ0v) is 8.43. The third-order valence-corrected chi connectivity index (χ3v) is 1.85. The fraction of sp³-hybridized carbons (Fsp3) is 0.400. The summed E-state index contributed by atoms with van der Waals surface area (Å²) in [6.07, 6.45) is 3.12. The molecule has 82 valence electrons. The minimum atomic E-state index is -1.27. The lowest BCUT2D eigenvalue weighted by molar-refractivity contribution is 0.0686. The van der Waals surface area contributed by atoms with Gasteiger partial charge in [0.05, 0.1) is 6.61 Å². The molecule has 1 rings (SSSR count). The summed E-state index contributed by atoms with van der Waals surface area (Å²) in [5, 5.41) is 18.2. The molecule has 5 heteroatoms. The third-order valence-electron chi connectivity index (χ3n) is 1.85. The number of rotatable bonds is 5. The molecule has 0 spiro atoms. The minimum absolute atomic E-state index is 0.163. The molecule has 2 N–H and O–H groups in total. The maximum absolute atomic E-state index is 10.6. The van der Waals surface area contributed by atoms with Crippen LogP contribution in [0.1, 0.15) is 30.3 Å². The van der Waals surface area contributed by atoms with Crippen LogP contribution in [0.4, 0.5) is 0 Å². The molecule has 0 aliphatic carbocycles. The van der Waals surface area contributed by atoms with Gasteiger partial charge < -0.3 is 14.9 Å². The van der Waals surface area contributed by atoms with Crippen molar-refractivity contribution in [2.75, 3.05) is 6.61 Å². The predicted octanol–water partition coefficient (Wildman–Crippen LogP) is 1.66. The summed E-state index contributed by atoms with van der Waals surface area (Å²) in [4.78, 5) is 14.2. The highest BCUT2D eigenvalue weighted by Crippen LogP contribution is 2.27. The van der Waals surface area contributed by atoms with E-state index in [4.69, 9.17) is 9.84 Å². The van der Waals surface area contributed by atoms with E-state index in [1.807, 2.05) is 6.92 Å². The van der Waals surface area contributed by atoms with Crippen molar-refractivity contribution in [2.45, 2.75) is 19.8 Å². The van der Waals surface area contributed by atoms with Crippen LogP contribution in [0, 0.1) is 0 Å². The summed E-state index contributed by atoms with van der Waals surface area (Å²) in [5.41, 5.74) is -0.385. The quantitative estimate of drug-likeness (QED) is 0.724. The van der Waals surface area contributed by atoms with Crippen LogP contribution in [0.25, 0.3) is 0 Å². The molecule has 0 atom stereocenters. The van der Waals surface area contributed by atoms with E-state index in [9.17, 15) is 9.90 Å². The number of carbonyl (C=O) groups is 1. The number of nitrogens with zero attached hydrogens (tertiary/aromatic N) is 1. The average molecular weight is 211 g/mol. The van der Waals surface area contributed by atoms with E-state index in [-0.39, 0.29) is 11.4 Å². The SMILES string of the molecule is CCCCOc1ccnc(C(=O)O)c1O. The first-order chi connectivity index (χ1) is 7.16. The maximum atomic E-state index is 10.6. The van der Waals surface area contributed by atoms with Crippen molar-refractivity contribution in [3.8, 4) is 11.5 Å². The number of ether oxygens (including phenoxy) is 1. The number of carboxylic acid groups (broad SMARTS) is 1. The van der Waals surface area contributed by atoms with Crippen LogP contribution in [-0.4, -0.2) is 27.8 Å². The number of pyridine rings is 1. The molecular formula is C10H13NO4. The van der Waals surface area contributed by atoms with Gasteiger partial charge in [0, 0.05) is 12.3 Å². The Labute approximate surface area is 87.3 Å². The van der Waals surface area contributed by atoms with Crippen LogP contribution in [-0.2, 0) is 0 Å². The molecule has 0 saturated carbocycles. The molecule has 5 nitrogen and oxygen atoms in total. The first-order valence-corrected chi connectivity index (χ1v) is 4.71. The zero-order chi connectivity index (χ0) is 11.3. The zero-order valence-electron chi connectivity index (χ0n) is 8.43. The van der Waals surface area contributed by atoms with Crippen LogP contribution in [0.3, 0.4) is 0 Å². The van der Waals surface area contributed by atoms with Crippen molar-refractivity contribution < 1.29 is 19.7 Å². The standard InChI is InChI=1S/C10H13NO4/c1-2-3-6-15-7-4-5-11-8(9(7)12)10(13)14/h4-5,12H,2-3,6H2,1H3,(H,13,14). The Morgan fingerprint density at radius 3 is 2.93 bits per heavy atom. The van der Waals surface area contributed by atoms with Gasteiger partial charge in [-0.05, 0) is 6.42 Å². The fourth-order valence-corrected chi connectivity index (χ4v) is 1.04. The molecule has 1 heterocycles. The van der Waals surface area contributed by atoms with Gasteiger partial charge in [-0.3, -0.25) is 0 Å². The molecule has 0 aliphatic rings. The van der Waals surface area contributed by atoms with Crippen molar-refractivity contribution in [3.05, 3.63) is 18.0 Å². The van der Waals surface area contributed by atoms with Crippen molar-refractivity contribution in [1.29, 1.82) is 0 Å². The van der Waals surface area contributed by atoms with E-state index >= 15 is 0 Å². The Hall–Kier alpha value is -1.78. The van der Waals surface area contributed by atoms with Gasteiger partial charge in [-0.1, -0.05) is 13.3 Å². The lowest BCUT2D eigenvalue weighted by atomic mass is 10.3. The van der Waals surface area contributed by atoms with Gasteiger partial charge in [0.15, 0.2) is 17.2 Å². The lowest BCUT2D eigenvalue weighted by Crippen LogP contribution is -2.03. The number of aromatic nitrogens is 1. The van der Waals surface area contributed by atoms with Crippen LogP contribution >= 0.6 is 0 Å². The Kier molecular flexibility index (Phi) is 3.91. The van der Waals surface area contributed by atoms with E-state index in [0.29, 0.717) is 6.61 Å². The molecule has 0 amide bonds. The first-order valence-electron chi connectivity index (χ1n) is 4.71. The highest BCUT2D eigenvalue weighted by Gasteiger charge is 2.15. The molecule has 0 fully saturated rings. The number of hydrogen-bond donors (Lipinski definition) is 2. The van der Waals surface area contributed by atoms with E-state index in [2.05, 4.69) is 4.98 Å².